The van der Waals surface area contributed by atoms with Gasteiger partial charge in [0.05, 0.1) is 18.2 Å². The zero-order valence-corrected chi connectivity index (χ0v) is 6.89. The average Bonchev–Trinajstić information content (AvgIpc) is 2.52. The fourth-order valence-electron chi connectivity index (χ4n) is 1.03. The van der Waals surface area contributed by atoms with Crippen LogP contribution in [0.3, 0.4) is 0 Å². The van der Waals surface area contributed by atoms with Crippen LogP contribution < -0.4 is 0 Å². The number of hydrogen-bond donors (Lipinski definition) is 2. The van der Waals surface area contributed by atoms with Gasteiger partial charge < -0.3 is 10.1 Å². The number of hydrogen-bond acceptors (Lipinski definition) is 2. The third kappa shape index (κ3) is 1.53. The number of H-pyrrole nitrogens is 1. The molecule has 0 aliphatic heterocycles. The molecule has 0 radical (unpaired) electrons. The van der Waals surface area contributed by atoms with Gasteiger partial charge in [0.1, 0.15) is 0 Å². The molecule has 1 heterocycles. The van der Waals surface area contributed by atoms with Crippen LogP contribution in [0.4, 0.5) is 13.2 Å². The Labute approximate surface area is 72.6 Å². The minimum atomic E-state index is -4.69. The van der Waals surface area contributed by atoms with Crippen LogP contribution in [-0.4, -0.2) is 21.3 Å². The average molecular weight is 194 g/mol. The molecule has 74 valence electrons. The molecule has 2 N–H and O–H groups in total. The molecule has 3 nitrogen and oxygen atoms in total. The largest absolute Gasteiger partial charge is 0.422 e. The van der Waals surface area contributed by atoms with Gasteiger partial charge >= 0.3 is 6.18 Å². The zero-order valence-electron chi connectivity index (χ0n) is 6.89. The van der Waals surface area contributed by atoms with Gasteiger partial charge in [-0.1, -0.05) is 6.92 Å². The first-order chi connectivity index (χ1) is 5.92. The first-order valence-electron chi connectivity index (χ1n) is 3.69. The quantitative estimate of drug-likeness (QED) is 0.750. The predicted octanol–water partition coefficient (Wildman–Crippen LogP) is 1.57. The molecule has 0 amide bonds. The first-order valence-corrected chi connectivity index (χ1v) is 3.69. The molecule has 0 saturated heterocycles. The van der Waals surface area contributed by atoms with Crippen molar-refractivity contribution in [3.63, 3.8) is 0 Å². The molecule has 1 aromatic rings. The maximum Gasteiger partial charge on any atom is 0.422 e. The lowest BCUT2D eigenvalue weighted by Crippen LogP contribution is -2.41. The van der Waals surface area contributed by atoms with Gasteiger partial charge in [-0.15, -0.1) is 0 Å². The molecule has 1 rings (SSSR count). The molecule has 0 bridgehead atoms. The van der Waals surface area contributed by atoms with Crippen molar-refractivity contribution >= 4 is 0 Å². The Morgan fingerprint density at radius 2 is 2.15 bits per heavy atom. The number of imidazole rings is 1. The smallest absolute Gasteiger partial charge is 0.375 e. The molecule has 0 saturated carbocycles. The fraction of sp³-hybridized carbons (Fsp3) is 0.571. The summed E-state index contributed by atoms with van der Waals surface area (Å²) in [6.45, 7) is 1.26. The van der Waals surface area contributed by atoms with Crippen molar-refractivity contribution in [3.05, 3.63) is 18.2 Å². The maximum absolute atomic E-state index is 12.4. The van der Waals surface area contributed by atoms with Crippen molar-refractivity contribution in [1.29, 1.82) is 0 Å². The molecule has 0 aliphatic rings. The van der Waals surface area contributed by atoms with Crippen LogP contribution in [-0.2, 0) is 5.60 Å². The molecule has 0 fully saturated rings. The Morgan fingerprint density at radius 1 is 1.54 bits per heavy atom. The summed E-state index contributed by atoms with van der Waals surface area (Å²) in [4.78, 5) is 5.69. The van der Waals surface area contributed by atoms with E-state index in [1.807, 2.05) is 0 Å². The molecule has 0 aliphatic carbocycles. The van der Waals surface area contributed by atoms with Crippen LogP contribution in [0, 0.1) is 0 Å². The lowest BCUT2D eigenvalue weighted by atomic mass is 9.97. The Hall–Kier alpha value is -1.04. The fourth-order valence-corrected chi connectivity index (χ4v) is 1.03. The number of halogens is 3. The van der Waals surface area contributed by atoms with Crippen LogP contribution in [0.25, 0.3) is 0 Å². The second kappa shape index (κ2) is 3.02. The predicted molar refractivity (Wildman–Crippen MR) is 38.8 cm³/mol. The van der Waals surface area contributed by atoms with Crippen molar-refractivity contribution < 1.29 is 18.3 Å². The number of alkyl halides is 3. The summed E-state index contributed by atoms with van der Waals surface area (Å²) < 4.78 is 37.1. The van der Waals surface area contributed by atoms with Crippen LogP contribution in [0.15, 0.2) is 12.5 Å². The molecule has 0 spiro atoms. The van der Waals surface area contributed by atoms with Crippen molar-refractivity contribution in [2.45, 2.75) is 25.1 Å². The topological polar surface area (TPSA) is 48.9 Å². The highest BCUT2D eigenvalue weighted by Gasteiger charge is 2.54. The van der Waals surface area contributed by atoms with Crippen LogP contribution in [0.5, 0.6) is 0 Å². The normalized spacial score (nSPS) is 17.0. The van der Waals surface area contributed by atoms with Crippen molar-refractivity contribution in [3.8, 4) is 0 Å². The van der Waals surface area contributed by atoms with Gasteiger partial charge in [-0.05, 0) is 6.42 Å². The van der Waals surface area contributed by atoms with E-state index in [4.69, 9.17) is 0 Å². The lowest BCUT2D eigenvalue weighted by Gasteiger charge is -2.27. The van der Waals surface area contributed by atoms with E-state index in [1.165, 1.54) is 6.92 Å². The van der Waals surface area contributed by atoms with E-state index in [0.29, 0.717) is 0 Å². The highest BCUT2D eigenvalue weighted by atomic mass is 19.4. The van der Waals surface area contributed by atoms with E-state index in [1.54, 1.807) is 0 Å². The van der Waals surface area contributed by atoms with E-state index in [0.717, 1.165) is 12.5 Å². The highest BCUT2D eigenvalue weighted by molar-refractivity contribution is 5.10. The Kier molecular flexibility index (Phi) is 2.34. The Balaban J connectivity index is 3.09. The Morgan fingerprint density at radius 3 is 2.46 bits per heavy atom. The maximum atomic E-state index is 12.4. The van der Waals surface area contributed by atoms with Gasteiger partial charge in [-0.2, -0.15) is 13.2 Å². The van der Waals surface area contributed by atoms with Gasteiger partial charge in [0.15, 0.2) is 0 Å². The van der Waals surface area contributed by atoms with Crippen LogP contribution in [0.1, 0.15) is 19.0 Å². The van der Waals surface area contributed by atoms with Crippen molar-refractivity contribution in [1.82, 2.24) is 9.97 Å². The number of aromatic nitrogens is 2. The minimum Gasteiger partial charge on any atom is -0.375 e. The van der Waals surface area contributed by atoms with Gasteiger partial charge in [-0.25, -0.2) is 4.98 Å². The van der Waals surface area contributed by atoms with E-state index in [2.05, 4.69) is 9.97 Å². The SMILES string of the molecule is CC[C@@](O)(c1cnc[nH]1)C(F)(F)F. The third-order valence-electron chi connectivity index (χ3n) is 1.92. The Bertz CT molecular complexity index is 270. The summed E-state index contributed by atoms with van der Waals surface area (Å²) in [5.74, 6) is 0. The summed E-state index contributed by atoms with van der Waals surface area (Å²) >= 11 is 0. The molecular formula is C7H9F3N2O. The van der Waals surface area contributed by atoms with E-state index < -0.39 is 18.2 Å². The summed E-state index contributed by atoms with van der Waals surface area (Å²) in [7, 11) is 0. The molecule has 0 unspecified atom stereocenters. The van der Waals surface area contributed by atoms with Crippen molar-refractivity contribution in [2.75, 3.05) is 0 Å². The monoisotopic (exact) mass is 194 g/mol. The molecule has 13 heavy (non-hydrogen) atoms. The standard InChI is InChI=1S/C7H9F3N2O/c1-2-6(13,7(8,9)10)5-3-11-4-12-5/h3-4,13H,2H2,1H3,(H,11,12)/t6-/m1/s1. The van der Waals surface area contributed by atoms with E-state index in [9.17, 15) is 18.3 Å². The number of aromatic amines is 1. The van der Waals surface area contributed by atoms with Crippen LogP contribution in [0.2, 0.25) is 0 Å². The summed E-state index contributed by atoms with van der Waals surface area (Å²) in [6.07, 6.45) is -3.06. The van der Waals surface area contributed by atoms with Gasteiger partial charge in [0, 0.05) is 0 Å². The lowest BCUT2D eigenvalue weighted by molar-refractivity contribution is -0.269. The first kappa shape index (κ1) is 10.0. The highest BCUT2D eigenvalue weighted by Crippen LogP contribution is 2.40. The molecule has 1 atom stereocenters. The molecular weight excluding hydrogens is 185 g/mol. The van der Waals surface area contributed by atoms with E-state index in [-0.39, 0.29) is 5.69 Å². The second-order valence-electron chi connectivity index (χ2n) is 2.68. The molecule has 1 aromatic heterocycles. The number of nitrogens with zero attached hydrogens (tertiary/aromatic N) is 1. The van der Waals surface area contributed by atoms with E-state index >= 15 is 0 Å². The van der Waals surface area contributed by atoms with Gasteiger partial charge in [0.2, 0.25) is 5.60 Å². The number of nitrogens with one attached hydrogen (secondary N) is 1. The van der Waals surface area contributed by atoms with Gasteiger partial charge in [-0.3, -0.25) is 0 Å². The minimum absolute atomic E-state index is 0.331. The molecule has 0 aromatic carbocycles. The van der Waals surface area contributed by atoms with Crippen molar-refractivity contribution in [2.24, 2.45) is 0 Å². The summed E-state index contributed by atoms with van der Waals surface area (Å²) in [6, 6.07) is 0. The number of rotatable bonds is 2. The van der Waals surface area contributed by atoms with Gasteiger partial charge in [0.25, 0.3) is 0 Å². The number of aliphatic hydroxyl groups is 1. The third-order valence-corrected chi connectivity index (χ3v) is 1.92. The summed E-state index contributed by atoms with van der Waals surface area (Å²) in [5.41, 5.74) is -3.15. The molecule has 6 heteroatoms. The summed E-state index contributed by atoms with van der Waals surface area (Å²) in [5, 5.41) is 9.32. The second-order valence-corrected chi connectivity index (χ2v) is 2.68. The zero-order chi connectivity index (χ0) is 10.1. The van der Waals surface area contributed by atoms with Crippen LogP contribution >= 0.6 is 0 Å².